The highest BCUT2D eigenvalue weighted by molar-refractivity contribution is 5.51. The Morgan fingerprint density at radius 3 is 2.71 bits per heavy atom. The van der Waals surface area contributed by atoms with Gasteiger partial charge < -0.3 is 19.9 Å². The maximum absolute atomic E-state index is 11.0. The van der Waals surface area contributed by atoms with Crippen LogP contribution in [0.2, 0.25) is 0 Å². The lowest BCUT2D eigenvalue weighted by Crippen LogP contribution is -2.19. The molecule has 0 aliphatic rings. The first-order chi connectivity index (χ1) is 11.5. The number of nitro groups is 1. The minimum absolute atomic E-state index is 0.144. The molecule has 0 saturated carbocycles. The van der Waals surface area contributed by atoms with Crippen molar-refractivity contribution >= 4 is 23.0 Å². The monoisotopic (exact) mass is 326 g/mol. The molecule has 3 rings (SSSR count). The molecule has 24 heavy (non-hydrogen) atoms. The third-order valence-electron chi connectivity index (χ3n) is 3.76. The van der Waals surface area contributed by atoms with Crippen LogP contribution < -0.4 is 9.80 Å². The van der Waals surface area contributed by atoms with Gasteiger partial charge in [0.05, 0.1) is 0 Å². The van der Waals surface area contributed by atoms with Crippen molar-refractivity contribution in [1.82, 2.24) is 14.6 Å². The highest BCUT2D eigenvalue weighted by Gasteiger charge is 2.17. The summed E-state index contributed by atoms with van der Waals surface area (Å²) in [6, 6.07) is 11.7. The van der Waals surface area contributed by atoms with Crippen molar-refractivity contribution in [3.8, 4) is 0 Å². The van der Waals surface area contributed by atoms with Crippen molar-refractivity contribution in [2.75, 3.05) is 30.9 Å². The number of nitrogens with zero attached hydrogens (tertiary/aromatic N) is 6. The van der Waals surface area contributed by atoms with E-state index in [1.165, 1.54) is 10.7 Å². The van der Waals surface area contributed by atoms with Gasteiger partial charge >= 0.3 is 5.82 Å². The van der Waals surface area contributed by atoms with Gasteiger partial charge in [0.25, 0.3) is 0 Å². The summed E-state index contributed by atoms with van der Waals surface area (Å²) in [7, 11) is 5.90. The lowest BCUT2D eigenvalue weighted by molar-refractivity contribution is -0.391. The highest BCUT2D eigenvalue weighted by atomic mass is 16.6. The van der Waals surface area contributed by atoms with Crippen molar-refractivity contribution in [2.45, 2.75) is 6.54 Å². The molecule has 0 fully saturated rings. The van der Waals surface area contributed by atoms with Gasteiger partial charge in [0, 0.05) is 39.4 Å². The van der Waals surface area contributed by atoms with Crippen LogP contribution in [0.1, 0.15) is 5.56 Å². The minimum atomic E-state index is -0.489. The van der Waals surface area contributed by atoms with E-state index in [9.17, 15) is 10.1 Å². The molecule has 0 aliphatic carbocycles. The fraction of sp³-hybridized carbons (Fsp3) is 0.250. The fourth-order valence-corrected chi connectivity index (χ4v) is 2.47. The van der Waals surface area contributed by atoms with Crippen LogP contribution in [0.3, 0.4) is 0 Å². The van der Waals surface area contributed by atoms with E-state index in [1.807, 2.05) is 55.2 Å². The van der Waals surface area contributed by atoms with Crippen molar-refractivity contribution in [3.63, 3.8) is 0 Å². The molecule has 0 aliphatic heterocycles. The first kappa shape index (κ1) is 15.7. The van der Waals surface area contributed by atoms with Gasteiger partial charge in [-0.3, -0.25) is 0 Å². The zero-order valence-electron chi connectivity index (χ0n) is 13.7. The van der Waals surface area contributed by atoms with E-state index in [1.54, 1.807) is 6.07 Å². The number of rotatable bonds is 5. The average molecular weight is 326 g/mol. The molecule has 2 heterocycles. The SMILES string of the molecule is CN(C)c1cccc(CN(C)c2ccc3ncc([N+](=O)[O-])n3n2)c1. The Hall–Kier alpha value is -3.16. The Morgan fingerprint density at radius 1 is 1.21 bits per heavy atom. The average Bonchev–Trinajstić information content (AvgIpc) is 2.98. The predicted molar refractivity (Wildman–Crippen MR) is 92.5 cm³/mol. The van der Waals surface area contributed by atoms with Gasteiger partial charge in [-0.15, -0.1) is 0 Å². The summed E-state index contributed by atoms with van der Waals surface area (Å²) in [6.07, 6.45) is 1.21. The van der Waals surface area contributed by atoms with Crippen LogP contribution in [0.25, 0.3) is 5.65 Å². The Kier molecular flexibility index (Phi) is 4.03. The Bertz CT molecular complexity index is 889. The van der Waals surface area contributed by atoms with E-state index in [0.717, 1.165) is 11.3 Å². The summed E-state index contributed by atoms with van der Waals surface area (Å²) >= 11 is 0. The van der Waals surface area contributed by atoms with Crippen LogP contribution in [-0.4, -0.2) is 40.7 Å². The summed E-state index contributed by atoms with van der Waals surface area (Å²) in [4.78, 5) is 18.5. The van der Waals surface area contributed by atoms with Crippen molar-refractivity contribution in [1.29, 1.82) is 0 Å². The molecule has 8 nitrogen and oxygen atoms in total. The number of hydrogen-bond donors (Lipinski definition) is 0. The standard InChI is InChI=1S/C16H18N6O2/c1-19(2)13-6-4-5-12(9-13)11-20(3)15-8-7-14-17-10-16(22(23)24)21(14)18-15/h4-10H,11H2,1-3H3. The molecule has 0 N–H and O–H groups in total. The van der Waals surface area contributed by atoms with E-state index in [2.05, 4.69) is 16.1 Å². The van der Waals surface area contributed by atoms with Crippen LogP contribution in [0, 0.1) is 10.1 Å². The van der Waals surface area contributed by atoms with E-state index >= 15 is 0 Å². The third-order valence-corrected chi connectivity index (χ3v) is 3.76. The molecular formula is C16H18N6O2. The number of anilines is 2. The Labute approximate surface area is 139 Å². The van der Waals surface area contributed by atoms with Crippen LogP contribution in [-0.2, 0) is 6.54 Å². The Balaban J connectivity index is 1.88. The number of aromatic nitrogens is 3. The molecule has 2 aromatic heterocycles. The van der Waals surface area contributed by atoms with Crippen molar-refractivity contribution in [2.24, 2.45) is 0 Å². The Morgan fingerprint density at radius 2 is 2.00 bits per heavy atom. The van der Waals surface area contributed by atoms with Gasteiger partial charge in [0.15, 0.2) is 5.82 Å². The number of fused-ring (bicyclic) bond motifs is 1. The van der Waals surface area contributed by atoms with Gasteiger partial charge in [-0.05, 0) is 28.7 Å². The number of hydrogen-bond acceptors (Lipinski definition) is 6. The first-order valence-electron chi connectivity index (χ1n) is 7.42. The molecule has 0 saturated heterocycles. The molecule has 0 atom stereocenters. The van der Waals surface area contributed by atoms with Crippen LogP contribution in [0.4, 0.5) is 17.3 Å². The lowest BCUT2D eigenvalue weighted by atomic mass is 10.2. The van der Waals surface area contributed by atoms with Gasteiger partial charge in [-0.2, -0.15) is 0 Å². The van der Waals surface area contributed by atoms with E-state index in [-0.39, 0.29) is 5.82 Å². The smallest absolute Gasteiger partial charge is 0.368 e. The molecule has 0 amide bonds. The van der Waals surface area contributed by atoms with Gasteiger partial charge in [0.2, 0.25) is 5.65 Å². The van der Waals surface area contributed by atoms with E-state index in [0.29, 0.717) is 18.0 Å². The largest absolute Gasteiger partial charge is 0.378 e. The maximum Gasteiger partial charge on any atom is 0.368 e. The molecule has 0 unspecified atom stereocenters. The maximum atomic E-state index is 11.0. The van der Waals surface area contributed by atoms with Crippen LogP contribution in [0.5, 0.6) is 0 Å². The van der Waals surface area contributed by atoms with Gasteiger partial charge in [-0.25, -0.2) is 4.98 Å². The zero-order valence-corrected chi connectivity index (χ0v) is 13.7. The molecule has 8 heteroatoms. The first-order valence-corrected chi connectivity index (χ1v) is 7.42. The fourth-order valence-electron chi connectivity index (χ4n) is 2.47. The predicted octanol–water partition coefficient (Wildman–Crippen LogP) is 2.34. The second-order valence-corrected chi connectivity index (χ2v) is 5.76. The summed E-state index contributed by atoms with van der Waals surface area (Å²) < 4.78 is 1.25. The lowest BCUT2D eigenvalue weighted by Gasteiger charge is -2.19. The summed E-state index contributed by atoms with van der Waals surface area (Å²) in [5.41, 5.74) is 2.70. The summed E-state index contributed by atoms with van der Waals surface area (Å²) in [5.74, 6) is 0.494. The van der Waals surface area contributed by atoms with Gasteiger partial charge in [-0.1, -0.05) is 21.7 Å². The second kappa shape index (κ2) is 6.15. The number of imidazole rings is 1. The quantitative estimate of drug-likeness (QED) is 0.529. The summed E-state index contributed by atoms with van der Waals surface area (Å²) in [5, 5.41) is 15.4. The second-order valence-electron chi connectivity index (χ2n) is 5.76. The summed E-state index contributed by atoms with van der Waals surface area (Å²) in [6.45, 7) is 0.642. The molecular weight excluding hydrogens is 308 g/mol. The molecule has 0 spiro atoms. The minimum Gasteiger partial charge on any atom is -0.378 e. The normalized spacial score (nSPS) is 10.8. The zero-order chi connectivity index (χ0) is 17.3. The topological polar surface area (TPSA) is 79.8 Å². The number of benzene rings is 1. The highest BCUT2D eigenvalue weighted by Crippen LogP contribution is 2.19. The third kappa shape index (κ3) is 2.98. The van der Waals surface area contributed by atoms with Gasteiger partial charge in [0.1, 0.15) is 6.20 Å². The van der Waals surface area contributed by atoms with Crippen molar-refractivity contribution < 1.29 is 4.92 Å². The van der Waals surface area contributed by atoms with Crippen LogP contribution in [0.15, 0.2) is 42.6 Å². The molecule has 3 aromatic rings. The molecule has 1 aromatic carbocycles. The molecule has 0 radical (unpaired) electrons. The van der Waals surface area contributed by atoms with Crippen LogP contribution >= 0.6 is 0 Å². The van der Waals surface area contributed by atoms with Crippen molar-refractivity contribution in [3.05, 3.63) is 58.3 Å². The molecule has 0 bridgehead atoms. The van der Waals surface area contributed by atoms with E-state index in [4.69, 9.17) is 0 Å². The van der Waals surface area contributed by atoms with E-state index < -0.39 is 4.92 Å². The molecule has 124 valence electrons.